The average molecular weight is 237 g/mol. The highest BCUT2D eigenvalue weighted by atomic mass is 14.9. The summed E-state index contributed by atoms with van der Waals surface area (Å²) in [6.45, 7) is 0. The molecular weight excluding hydrogens is 222 g/mol. The van der Waals surface area contributed by atoms with Crippen LogP contribution in [0.25, 0.3) is 11.2 Å². The molecule has 0 radical (unpaired) electrons. The molecule has 3 nitrogen and oxygen atoms in total. The van der Waals surface area contributed by atoms with Crippen LogP contribution in [0.1, 0.15) is 37.8 Å². The fraction of sp³-hybridized carbons (Fsp3) is 0.400. The van der Waals surface area contributed by atoms with E-state index in [4.69, 9.17) is 0 Å². The van der Waals surface area contributed by atoms with Crippen LogP contribution >= 0.6 is 0 Å². The van der Waals surface area contributed by atoms with Gasteiger partial charge in [0.2, 0.25) is 0 Å². The molecule has 0 saturated heterocycles. The van der Waals surface area contributed by atoms with Crippen LogP contribution in [0, 0.1) is 17.8 Å². The van der Waals surface area contributed by atoms with Crippen molar-refractivity contribution < 1.29 is 0 Å². The van der Waals surface area contributed by atoms with Crippen molar-refractivity contribution >= 4 is 11.2 Å². The second-order valence-electron chi connectivity index (χ2n) is 4.71. The van der Waals surface area contributed by atoms with Crippen molar-refractivity contribution in [3.8, 4) is 11.8 Å². The van der Waals surface area contributed by atoms with Gasteiger partial charge in [-0.2, -0.15) is 0 Å². The Labute approximate surface area is 107 Å². The molecule has 2 aromatic rings. The van der Waals surface area contributed by atoms with Crippen molar-refractivity contribution in [2.75, 3.05) is 0 Å². The molecule has 1 saturated carbocycles. The van der Waals surface area contributed by atoms with Gasteiger partial charge in [-0.1, -0.05) is 25.2 Å². The van der Waals surface area contributed by atoms with Crippen molar-refractivity contribution in [2.45, 2.75) is 32.1 Å². The molecule has 0 unspecified atom stereocenters. The van der Waals surface area contributed by atoms with E-state index in [1.807, 2.05) is 12.1 Å². The van der Waals surface area contributed by atoms with E-state index in [0.29, 0.717) is 11.6 Å². The number of rotatable bonds is 0. The van der Waals surface area contributed by atoms with Gasteiger partial charge < -0.3 is 0 Å². The van der Waals surface area contributed by atoms with Crippen molar-refractivity contribution in [1.82, 2.24) is 15.0 Å². The van der Waals surface area contributed by atoms with Gasteiger partial charge in [0, 0.05) is 12.1 Å². The standard InChI is InChI=1S/C15H15N3/c1-2-5-12(6-3-1)8-9-13-11-17-14-7-4-10-16-15(14)18-13/h4,7,10-12H,1-3,5-6H2. The predicted molar refractivity (Wildman–Crippen MR) is 70.8 cm³/mol. The van der Waals surface area contributed by atoms with E-state index >= 15 is 0 Å². The number of hydrogen-bond donors (Lipinski definition) is 0. The molecule has 0 bridgehead atoms. The number of nitrogens with zero attached hydrogens (tertiary/aromatic N) is 3. The molecule has 0 N–H and O–H groups in total. The van der Waals surface area contributed by atoms with Gasteiger partial charge in [-0.15, -0.1) is 0 Å². The topological polar surface area (TPSA) is 38.7 Å². The predicted octanol–water partition coefficient (Wildman–Crippen LogP) is 2.96. The van der Waals surface area contributed by atoms with Gasteiger partial charge >= 0.3 is 0 Å². The summed E-state index contributed by atoms with van der Waals surface area (Å²) in [4.78, 5) is 12.9. The Balaban J connectivity index is 1.84. The molecule has 0 atom stereocenters. The molecule has 1 aliphatic rings. The second-order valence-corrected chi connectivity index (χ2v) is 4.71. The molecule has 90 valence electrons. The van der Waals surface area contributed by atoms with Crippen LogP contribution < -0.4 is 0 Å². The number of pyridine rings is 1. The summed E-state index contributed by atoms with van der Waals surface area (Å²) < 4.78 is 0. The van der Waals surface area contributed by atoms with Gasteiger partial charge in [0.15, 0.2) is 5.65 Å². The highest BCUT2D eigenvalue weighted by molar-refractivity contribution is 5.69. The smallest absolute Gasteiger partial charge is 0.179 e. The summed E-state index contributed by atoms with van der Waals surface area (Å²) in [6.07, 6.45) is 9.90. The molecule has 1 aliphatic carbocycles. The summed E-state index contributed by atoms with van der Waals surface area (Å²) in [6, 6.07) is 3.78. The SMILES string of the molecule is C(#CC1CCCCC1)c1cnc2cccnc2n1. The molecule has 0 aromatic carbocycles. The maximum Gasteiger partial charge on any atom is 0.179 e. The third kappa shape index (κ3) is 2.48. The zero-order valence-electron chi connectivity index (χ0n) is 10.3. The first kappa shape index (κ1) is 11.2. The van der Waals surface area contributed by atoms with Gasteiger partial charge in [0.05, 0.1) is 6.20 Å². The molecule has 0 amide bonds. The summed E-state index contributed by atoms with van der Waals surface area (Å²) in [5.41, 5.74) is 2.22. The molecule has 0 spiro atoms. The minimum atomic E-state index is 0.542. The van der Waals surface area contributed by atoms with Crippen LogP contribution in [0.4, 0.5) is 0 Å². The van der Waals surface area contributed by atoms with E-state index in [9.17, 15) is 0 Å². The maximum absolute atomic E-state index is 4.41. The quantitative estimate of drug-likeness (QED) is 0.661. The highest BCUT2D eigenvalue weighted by Gasteiger charge is 2.10. The summed E-state index contributed by atoms with van der Waals surface area (Å²) in [7, 11) is 0. The second kappa shape index (κ2) is 5.14. The third-order valence-electron chi connectivity index (χ3n) is 3.33. The van der Waals surface area contributed by atoms with E-state index in [-0.39, 0.29) is 0 Å². The summed E-state index contributed by atoms with van der Waals surface area (Å²) >= 11 is 0. The van der Waals surface area contributed by atoms with Gasteiger partial charge in [-0.3, -0.25) is 0 Å². The Kier molecular flexibility index (Phi) is 3.18. The highest BCUT2D eigenvalue weighted by Crippen LogP contribution is 2.22. The van der Waals surface area contributed by atoms with E-state index in [2.05, 4.69) is 26.8 Å². The molecule has 0 aliphatic heterocycles. The largest absolute Gasteiger partial charge is 0.250 e. The maximum atomic E-state index is 4.41. The summed E-state index contributed by atoms with van der Waals surface area (Å²) in [5, 5.41) is 0. The van der Waals surface area contributed by atoms with Gasteiger partial charge in [-0.05, 0) is 30.9 Å². The molecule has 18 heavy (non-hydrogen) atoms. The average Bonchev–Trinajstić information content (AvgIpc) is 2.46. The number of hydrogen-bond acceptors (Lipinski definition) is 3. The lowest BCUT2D eigenvalue weighted by Gasteiger charge is -2.15. The Morgan fingerprint density at radius 3 is 2.89 bits per heavy atom. The van der Waals surface area contributed by atoms with Crippen LogP contribution in [0.2, 0.25) is 0 Å². The van der Waals surface area contributed by atoms with Crippen molar-refractivity contribution in [2.24, 2.45) is 5.92 Å². The van der Waals surface area contributed by atoms with Crippen molar-refractivity contribution in [1.29, 1.82) is 0 Å². The number of fused-ring (bicyclic) bond motifs is 1. The van der Waals surface area contributed by atoms with Crippen LogP contribution in [0.5, 0.6) is 0 Å². The van der Waals surface area contributed by atoms with Gasteiger partial charge in [0.25, 0.3) is 0 Å². The Morgan fingerprint density at radius 2 is 2.00 bits per heavy atom. The van der Waals surface area contributed by atoms with Crippen LogP contribution in [0.3, 0.4) is 0 Å². The van der Waals surface area contributed by atoms with Gasteiger partial charge in [-0.25, -0.2) is 15.0 Å². The minimum Gasteiger partial charge on any atom is -0.250 e. The van der Waals surface area contributed by atoms with Crippen molar-refractivity contribution in [3.05, 3.63) is 30.2 Å². The molecule has 1 fully saturated rings. The number of aromatic nitrogens is 3. The normalized spacial score (nSPS) is 16.2. The van der Waals surface area contributed by atoms with Crippen LogP contribution in [0.15, 0.2) is 24.5 Å². The Bertz CT molecular complexity index is 604. The molecule has 2 aromatic heterocycles. The molecule has 3 heteroatoms. The molecule has 3 rings (SSSR count). The monoisotopic (exact) mass is 237 g/mol. The Hall–Kier alpha value is -1.95. The fourth-order valence-corrected chi connectivity index (χ4v) is 2.33. The Morgan fingerprint density at radius 1 is 1.11 bits per heavy atom. The third-order valence-corrected chi connectivity index (χ3v) is 3.33. The zero-order valence-corrected chi connectivity index (χ0v) is 10.3. The summed E-state index contributed by atoms with van der Waals surface area (Å²) in [5.74, 6) is 7.01. The zero-order chi connectivity index (χ0) is 12.2. The molecular formula is C15H15N3. The lowest BCUT2D eigenvalue weighted by molar-refractivity contribution is 0.430. The lowest BCUT2D eigenvalue weighted by Crippen LogP contribution is -2.03. The molecule has 2 heterocycles. The first-order valence-corrected chi connectivity index (χ1v) is 6.51. The van der Waals surface area contributed by atoms with Gasteiger partial charge in [0.1, 0.15) is 11.2 Å². The lowest BCUT2D eigenvalue weighted by atomic mass is 9.90. The van der Waals surface area contributed by atoms with E-state index in [1.165, 1.54) is 32.1 Å². The fourth-order valence-electron chi connectivity index (χ4n) is 2.33. The van der Waals surface area contributed by atoms with E-state index < -0.39 is 0 Å². The van der Waals surface area contributed by atoms with E-state index in [1.54, 1.807) is 12.4 Å². The minimum absolute atomic E-state index is 0.542. The first-order chi connectivity index (χ1) is 8.92. The van der Waals surface area contributed by atoms with E-state index in [0.717, 1.165) is 11.2 Å². The van der Waals surface area contributed by atoms with Crippen LogP contribution in [-0.4, -0.2) is 15.0 Å². The van der Waals surface area contributed by atoms with Crippen molar-refractivity contribution in [3.63, 3.8) is 0 Å². The van der Waals surface area contributed by atoms with Crippen LogP contribution in [-0.2, 0) is 0 Å². The first-order valence-electron chi connectivity index (χ1n) is 6.51.